The van der Waals surface area contributed by atoms with Crippen LogP contribution in [0.2, 0.25) is 0 Å². The molecule has 1 rings (SSSR count). The fourth-order valence-electron chi connectivity index (χ4n) is 2.17. The van der Waals surface area contributed by atoms with E-state index in [-0.39, 0.29) is 5.54 Å². The number of hydrogen-bond acceptors (Lipinski definition) is 3. The maximum atomic E-state index is 5.90. The smallest absolute Gasteiger partial charge is 0.0945 e. The molecule has 0 saturated heterocycles. The van der Waals surface area contributed by atoms with Crippen molar-refractivity contribution in [1.82, 2.24) is 14.5 Å². The first kappa shape index (κ1) is 14.2. The fraction of sp³-hybridized carbons (Fsp3) is 0.769. The van der Waals surface area contributed by atoms with Gasteiger partial charge in [-0.25, -0.2) is 4.98 Å². The van der Waals surface area contributed by atoms with Crippen LogP contribution in [0.5, 0.6) is 0 Å². The highest BCUT2D eigenvalue weighted by Gasteiger charge is 2.26. The molecule has 0 fully saturated rings. The molecule has 0 aromatic carbocycles. The Morgan fingerprint density at radius 1 is 1.41 bits per heavy atom. The second kappa shape index (κ2) is 6.77. The largest absolute Gasteiger partial charge is 0.337 e. The molecule has 0 saturated carbocycles. The van der Waals surface area contributed by atoms with Crippen molar-refractivity contribution in [3.63, 3.8) is 0 Å². The van der Waals surface area contributed by atoms with Crippen LogP contribution in [-0.2, 0) is 6.54 Å². The van der Waals surface area contributed by atoms with Crippen molar-refractivity contribution in [3.8, 4) is 0 Å². The molecule has 0 radical (unpaired) electrons. The van der Waals surface area contributed by atoms with Gasteiger partial charge in [0.05, 0.1) is 6.33 Å². The van der Waals surface area contributed by atoms with Gasteiger partial charge in [0.2, 0.25) is 0 Å². The molecule has 0 aliphatic heterocycles. The van der Waals surface area contributed by atoms with Gasteiger partial charge in [-0.05, 0) is 26.3 Å². The number of imidazole rings is 1. The number of aryl methyl sites for hydroxylation is 1. The summed E-state index contributed by atoms with van der Waals surface area (Å²) in [7, 11) is 0. The van der Waals surface area contributed by atoms with Crippen LogP contribution >= 0.6 is 0 Å². The molecule has 0 aliphatic rings. The lowest BCUT2D eigenvalue weighted by atomic mass is 9.96. The Bertz CT molecular complexity index is 290. The molecule has 1 aromatic rings. The third kappa shape index (κ3) is 3.82. The molecule has 4 heteroatoms. The summed E-state index contributed by atoms with van der Waals surface area (Å²) in [4.78, 5) is 6.54. The molecule has 0 bridgehead atoms. The van der Waals surface area contributed by atoms with Crippen LogP contribution in [0.1, 0.15) is 33.6 Å². The van der Waals surface area contributed by atoms with E-state index in [9.17, 15) is 0 Å². The number of hydrogen-bond donors (Lipinski definition) is 1. The van der Waals surface area contributed by atoms with E-state index in [4.69, 9.17) is 5.73 Å². The summed E-state index contributed by atoms with van der Waals surface area (Å²) in [6.45, 7) is 10.6. The number of rotatable bonds is 8. The summed E-state index contributed by atoms with van der Waals surface area (Å²) in [5, 5.41) is 0. The van der Waals surface area contributed by atoms with E-state index < -0.39 is 0 Å². The van der Waals surface area contributed by atoms with E-state index in [1.807, 2.05) is 18.7 Å². The quantitative estimate of drug-likeness (QED) is 0.750. The van der Waals surface area contributed by atoms with Gasteiger partial charge in [0.25, 0.3) is 0 Å². The molecule has 1 aromatic heterocycles. The Balaban J connectivity index is 2.41. The van der Waals surface area contributed by atoms with Crippen molar-refractivity contribution >= 4 is 0 Å². The average Bonchev–Trinajstić information content (AvgIpc) is 2.87. The van der Waals surface area contributed by atoms with Crippen molar-refractivity contribution in [3.05, 3.63) is 18.7 Å². The average molecular weight is 238 g/mol. The molecule has 1 heterocycles. The molecule has 1 unspecified atom stereocenters. The highest BCUT2D eigenvalue weighted by Crippen LogP contribution is 2.18. The van der Waals surface area contributed by atoms with Crippen LogP contribution in [0.15, 0.2) is 18.7 Å². The molecular formula is C13H26N4. The van der Waals surface area contributed by atoms with Crippen LogP contribution in [0.4, 0.5) is 0 Å². The molecule has 0 aliphatic carbocycles. The number of nitrogens with zero attached hydrogens (tertiary/aromatic N) is 3. The highest BCUT2D eigenvalue weighted by molar-refractivity contribution is 4.85. The van der Waals surface area contributed by atoms with Crippen molar-refractivity contribution in [2.75, 3.05) is 19.6 Å². The van der Waals surface area contributed by atoms with Gasteiger partial charge in [-0.2, -0.15) is 0 Å². The highest BCUT2D eigenvalue weighted by atomic mass is 15.2. The number of aromatic nitrogens is 2. The lowest BCUT2D eigenvalue weighted by Gasteiger charge is -2.39. The van der Waals surface area contributed by atoms with Crippen LogP contribution < -0.4 is 5.73 Å². The van der Waals surface area contributed by atoms with Gasteiger partial charge in [0.15, 0.2) is 0 Å². The maximum absolute atomic E-state index is 5.90. The van der Waals surface area contributed by atoms with Gasteiger partial charge in [-0.3, -0.25) is 4.90 Å². The van der Waals surface area contributed by atoms with E-state index in [0.29, 0.717) is 0 Å². The third-order valence-corrected chi connectivity index (χ3v) is 3.75. The first-order valence-electron chi connectivity index (χ1n) is 6.57. The zero-order valence-corrected chi connectivity index (χ0v) is 11.4. The normalized spacial score (nSPS) is 15.1. The summed E-state index contributed by atoms with van der Waals surface area (Å²) in [5.41, 5.74) is 6.05. The maximum Gasteiger partial charge on any atom is 0.0945 e. The Morgan fingerprint density at radius 2 is 2.18 bits per heavy atom. The summed E-state index contributed by atoms with van der Waals surface area (Å²) in [5.74, 6) is 0. The number of likely N-dealkylation sites (N-methyl/N-ethyl adjacent to an activating group) is 1. The summed E-state index contributed by atoms with van der Waals surface area (Å²) in [6.07, 6.45) is 7.95. The Hall–Kier alpha value is -0.870. The van der Waals surface area contributed by atoms with Crippen molar-refractivity contribution in [2.45, 2.75) is 45.7 Å². The predicted molar refractivity (Wildman–Crippen MR) is 71.8 cm³/mol. The van der Waals surface area contributed by atoms with Gasteiger partial charge in [0.1, 0.15) is 0 Å². The number of nitrogens with two attached hydrogens (primary N) is 1. The van der Waals surface area contributed by atoms with E-state index >= 15 is 0 Å². The second-order valence-electron chi connectivity index (χ2n) is 4.79. The fourth-order valence-corrected chi connectivity index (χ4v) is 2.17. The second-order valence-corrected chi connectivity index (χ2v) is 4.79. The molecule has 4 nitrogen and oxygen atoms in total. The van der Waals surface area contributed by atoms with Crippen molar-refractivity contribution in [2.24, 2.45) is 5.73 Å². The minimum Gasteiger partial charge on any atom is -0.337 e. The molecule has 1 atom stereocenters. The topological polar surface area (TPSA) is 47.1 Å². The zero-order chi connectivity index (χ0) is 12.7. The van der Waals surface area contributed by atoms with Gasteiger partial charge in [-0.1, -0.05) is 13.8 Å². The first-order valence-corrected chi connectivity index (χ1v) is 6.57. The lowest BCUT2D eigenvalue weighted by Crippen LogP contribution is -2.51. The lowest BCUT2D eigenvalue weighted by molar-refractivity contribution is 0.109. The molecule has 0 amide bonds. The Labute approximate surface area is 105 Å². The summed E-state index contributed by atoms with van der Waals surface area (Å²) < 4.78 is 2.12. The van der Waals surface area contributed by atoms with Crippen molar-refractivity contribution in [1.29, 1.82) is 0 Å². The van der Waals surface area contributed by atoms with Crippen LogP contribution in [-0.4, -0.2) is 39.6 Å². The predicted octanol–water partition coefficient (Wildman–Crippen LogP) is 1.72. The Morgan fingerprint density at radius 3 is 2.65 bits per heavy atom. The van der Waals surface area contributed by atoms with E-state index in [1.165, 1.54) is 0 Å². The molecule has 2 N–H and O–H groups in total. The van der Waals surface area contributed by atoms with E-state index in [2.05, 4.69) is 35.2 Å². The Kier molecular flexibility index (Phi) is 5.65. The standard InChI is InChI=1S/C13H26N4/c1-4-13(3,11-14)17(5-2)9-6-8-16-10-7-15-12-16/h7,10,12H,4-6,8-9,11,14H2,1-3H3. The third-order valence-electron chi connectivity index (χ3n) is 3.75. The van der Waals surface area contributed by atoms with Crippen LogP contribution in [0, 0.1) is 0 Å². The van der Waals surface area contributed by atoms with Crippen molar-refractivity contribution < 1.29 is 0 Å². The van der Waals surface area contributed by atoms with E-state index in [0.717, 1.165) is 39.0 Å². The summed E-state index contributed by atoms with van der Waals surface area (Å²) in [6, 6.07) is 0. The molecular weight excluding hydrogens is 212 g/mol. The SMILES string of the molecule is CCN(CCCn1ccnc1)C(C)(CC)CN. The van der Waals surface area contributed by atoms with E-state index in [1.54, 1.807) is 0 Å². The molecule has 0 spiro atoms. The van der Waals surface area contributed by atoms with Gasteiger partial charge in [-0.15, -0.1) is 0 Å². The van der Waals surface area contributed by atoms with Gasteiger partial charge in [0, 0.05) is 37.6 Å². The minimum absolute atomic E-state index is 0.143. The van der Waals surface area contributed by atoms with Crippen LogP contribution in [0.25, 0.3) is 0 Å². The monoisotopic (exact) mass is 238 g/mol. The zero-order valence-electron chi connectivity index (χ0n) is 11.4. The first-order chi connectivity index (χ1) is 8.16. The summed E-state index contributed by atoms with van der Waals surface area (Å²) >= 11 is 0. The van der Waals surface area contributed by atoms with Crippen LogP contribution in [0.3, 0.4) is 0 Å². The molecule has 98 valence electrons. The molecule has 17 heavy (non-hydrogen) atoms. The minimum atomic E-state index is 0.143. The van der Waals surface area contributed by atoms with Gasteiger partial charge >= 0.3 is 0 Å². The van der Waals surface area contributed by atoms with Gasteiger partial charge < -0.3 is 10.3 Å².